The molecule has 1 amide bonds. The Kier molecular flexibility index (Phi) is 4.63. The molecular formula is C19H24N6O. The van der Waals surface area contributed by atoms with Crippen LogP contribution in [-0.4, -0.2) is 32.7 Å². The van der Waals surface area contributed by atoms with Gasteiger partial charge in [0.05, 0.1) is 11.6 Å². The van der Waals surface area contributed by atoms with Crippen LogP contribution in [0.2, 0.25) is 0 Å². The second-order valence-electron chi connectivity index (χ2n) is 7.28. The number of hydrogen-bond donors (Lipinski definition) is 2. The summed E-state index contributed by atoms with van der Waals surface area (Å²) in [5.41, 5.74) is 2.26. The molecule has 7 nitrogen and oxygen atoms in total. The molecule has 0 saturated heterocycles. The lowest BCUT2D eigenvalue weighted by Crippen LogP contribution is -2.18. The number of anilines is 1. The van der Waals surface area contributed by atoms with Gasteiger partial charge in [-0.3, -0.25) is 9.48 Å². The number of amides is 1. The van der Waals surface area contributed by atoms with E-state index in [9.17, 15) is 4.79 Å². The zero-order valence-electron chi connectivity index (χ0n) is 15.8. The zero-order chi connectivity index (χ0) is 18.9. The summed E-state index contributed by atoms with van der Waals surface area (Å²) in [6.45, 7) is 6.80. The van der Waals surface area contributed by atoms with E-state index in [1.807, 2.05) is 25.2 Å². The number of carbonyl (C=O) groups is 1. The molecule has 0 spiro atoms. The van der Waals surface area contributed by atoms with Crippen LogP contribution >= 0.6 is 0 Å². The number of rotatable bonds is 4. The third-order valence-electron chi connectivity index (χ3n) is 4.14. The van der Waals surface area contributed by atoms with Gasteiger partial charge in [0.1, 0.15) is 11.6 Å². The summed E-state index contributed by atoms with van der Waals surface area (Å²) >= 11 is 0. The van der Waals surface area contributed by atoms with Crippen LogP contribution < -0.4 is 10.6 Å². The molecule has 2 N–H and O–H groups in total. The number of aromatic nitrogens is 4. The third kappa shape index (κ3) is 3.51. The van der Waals surface area contributed by atoms with E-state index >= 15 is 0 Å². The average molecular weight is 352 g/mol. The highest BCUT2D eigenvalue weighted by atomic mass is 16.1. The van der Waals surface area contributed by atoms with Gasteiger partial charge in [-0.25, -0.2) is 9.97 Å². The van der Waals surface area contributed by atoms with Crippen LogP contribution in [0.5, 0.6) is 0 Å². The molecule has 26 heavy (non-hydrogen) atoms. The van der Waals surface area contributed by atoms with Crippen molar-refractivity contribution in [2.45, 2.75) is 32.7 Å². The lowest BCUT2D eigenvalue weighted by Gasteiger charge is -2.18. The number of nitrogens with zero attached hydrogens (tertiary/aromatic N) is 4. The fourth-order valence-electron chi connectivity index (χ4n) is 2.64. The molecule has 0 bridgehead atoms. The molecule has 136 valence electrons. The molecule has 0 aliphatic rings. The fourth-order valence-corrected chi connectivity index (χ4v) is 2.64. The van der Waals surface area contributed by atoms with Gasteiger partial charge in [-0.05, 0) is 17.7 Å². The van der Waals surface area contributed by atoms with Gasteiger partial charge >= 0.3 is 0 Å². The number of hydrogen-bond acceptors (Lipinski definition) is 5. The van der Waals surface area contributed by atoms with Crippen molar-refractivity contribution in [2.75, 3.05) is 12.4 Å². The summed E-state index contributed by atoms with van der Waals surface area (Å²) in [5, 5.41) is 11.2. The number of carbonyl (C=O) groups excluding carboxylic acids is 1. The molecule has 0 fully saturated rings. The molecule has 0 unspecified atom stereocenters. The van der Waals surface area contributed by atoms with Gasteiger partial charge in [0.15, 0.2) is 5.65 Å². The van der Waals surface area contributed by atoms with Gasteiger partial charge < -0.3 is 10.6 Å². The van der Waals surface area contributed by atoms with Crippen LogP contribution in [0.4, 0.5) is 5.82 Å². The van der Waals surface area contributed by atoms with Crippen molar-refractivity contribution >= 4 is 22.8 Å². The van der Waals surface area contributed by atoms with Crippen molar-refractivity contribution in [3.05, 3.63) is 47.4 Å². The van der Waals surface area contributed by atoms with Crippen LogP contribution in [0.25, 0.3) is 11.0 Å². The maximum Gasteiger partial charge on any atom is 0.251 e. The molecular weight excluding hydrogens is 328 g/mol. The first-order valence-electron chi connectivity index (χ1n) is 8.54. The summed E-state index contributed by atoms with van der Waals surface area (Å²) in [6, 6.07) is 7.52. The van der Waals surface area contributed by atoms with Crippen molar-refractivity contribution in [3.63, 3.8) is 0 Å². The minimum absolute atomic E-state index is 0.0986. The molecule has 2 aromatic heterocycles. The summed E-state index contributed by atoms with van der Waals surface area (Å²) in [5.74, 6) is 1.41. The van der Waals surface area contributed by atoms with Crippen LogP contribution in [0, 0.1) is 0 Å². The van der Waals surface area contributed by atoms with Crippen molar-refractivity contribution in [1.82, 2.24) is 25.1 Å². The molecule has 0 aliphatic carbocycles. The van der Waals surface area contributed by atoms with Gasteiger partial charge in [0.25, 0.3) is 5.91 Å². The van der Waals surface area contributed by atoms with Crippen LogP contribution in [-0.2, 0) is 19.0 Å². The number of fused-ring (bicyclic) bond motifs is 1. The molecule has 7 heteroatoms. The van der Waals surface area contributed by atoms with E-state index in [0.29, 0.717) is 12.1 Å². The summed E-state index contributed by atoms with van der Waals surface area (Å²) in [7, 11) is 3.50. The summed E-state index contributed by atoms with van der Waals surface area (Å²) in [4.78, 5) is 21.2. The Morgan fingerprint density at radius 1 is 1.23 bits per heavy atom. The molecule has 3 rings (SSSR count). The third-order valence-corrected chi connectivity index (χ3v) is 4.14. The number of benzene rings is 1. The molecule has 0 radical (unpaired) electrons. The number of aryl methyl sites for hydroxylation is 1. The number of nitrogens with one attached hydrogen (secondary N) is 2. The van der Waals surface area contributed by atoms with E-state index in [0.717, 1.165) is 28.2 Å². The van der Waals surface area contributed by atoms with Crippen LogP contribution in [0.3, 0.4) is 0 Å². The fraction of sp³-hybridized carbons (Fsp3) is 0.368. The maximum atomic E-state index is 11.8. The van der Waals surface area contributed by atoms with Gasteiger partial charge in [-0.2, -0.15) is 5.10 Å². The minimum Gasteiger partial charge on any atom is -0.365 e. The zero-order valence-corrected chi connectivity index (χ0v) is 15.8. The van der Waals surface area contributed by atoms with Crippen LogP contribution in [0.1, 0.15) is 42.5 Å². The van der Waals surface area contributed by atoms with E-state index in [4.69, 9.17) is 4.98 Å². The van der Waals surface area contributed by atoms with Crippen molar-refractivity contribution in [2.24, 2.45) is 7.05 Å². The van der Waals surface area contributed by atoms with Gasteiger partial charge in [-0.15, -0.1) is 0 Å². The molecule has 0 saturated carbocycles. The molecule has 2 heterocycles. The smallest absolute Gasteiger partial charge is 0.251 e. The Hall–Kier alpha value is -2.96. The van der Waals surface area contributed by atoms with E-state index in [-0.39, 0.29) is 11.3 Å². The average Bonchev–Trinajstić information content (AvgIpc) is 3.00. The first-order valence-corrected chi connectivity index (χ1v) is 8.54. The van der Waals surface area contributed by atoms with Crippen molar-refractivity contribution in [1.29, 1.82) is 0 Å². The maximum absolute atomic E-state index is 11.8. The minimum atomic E-state index is -0.173. The lowest BCUT2D eigenvalue weighted by atomic mass is 9.95. The van der Waals surface area contributed by atoms with Gasteiger partial charge in [0, 0.05) is 31.6 Å². The van der Waals surface area contributed by atoms with Crippen LogP contribution in [0.15, 0.2) is 30.5 Å². The molecule has 1 aromatic carbocycles. The Bertz CT molecular complexity index is 954. The van der Waals surface area contributed by atoms with E-state index in [1.54, 1.807) is 24.0 Å². The molecule has 0 aliphatic heterocycles. The van der Waals surface area contributed by atoms with Gasteiger partial charge in [0.2, 0.25) is 0 Å². The summed E-state index contributed by atoms with van der Waals surface area (Å²) < 4.78 is 1.75. The second kappa shape index (κ2) is 6.74. The van der Waals surface area contributed by atoms with Crippen molar-refractivity contribution in [3.8, 4) is 0 Å². The SMILES string of the molecule is CNC(=O)c1cccc(CNc2nc(C(C)(C)C)nc3c2cnn3C)c1. The Morgan fingerprint density at radius 3 is 2.69 bits per heavy atom. The quantitative estimate of drug-likeness (QED) is 0.754. The summed E-state index contributed by atoms with van der Waals surface area (Å²) in [6.07, 6.45) is 1.77. The highest BCUT2D eigenvalue weighted by Crippen LogP contribution is 2.26. The standard InChI is InChI=1S/C19H24N6O/c1-19(2,3)18-23-15(14-11-22-25(5)16(14)24-18)21-10-12-7-6-8-13(9-12)17(26)20-4/h6-9,11H,10H2,1-5H3,(H,20,26)(H,21,23,24). The molecule has 3 aromatic rings. The van der Waals surface area contributed by atoms with E-state index < -0.39 is 0 Å². The predicted octanol–water partition coefficient (Wildman–Crippen LogP) is 2.63. The Labute approximate surface area is 152 Å². The Balaban J connectivity index is 1.93. The predicted molar refractivity (Wildman–Crippen MR) is 102 cm³/mol. The largest absolute Gasteiger partial charge is 0.365 e. The normalized spacial score (nSPS) is 11.6. The highest BCUT2D eigenvalue weighted by Gasteiger charge is 2.21. The van der Waals surface area contributed by atoms with Crippen molar-refractivity contribution < 1.29 is 4.79 Å². The lowest BCUT2D eigenvalue weighted by molar-refractivity contribution is 0.0963. The second-order valence-corrected chi connectivity index (χ2v) is 7.28. The Morgan fingerprint density at radius 2 is 2.00 bits per heavy atom. The van der Waals surface area contributed by atoms with E-state index in [1.165, 1.54) is 0 Å². The first-order chi connectivity index (χ1) is 12.3. The monoisotopic (exact) mass is 352 g/mol. The first kappa shape index (κ1) is 17.8. The topological polar surface area (TPSA) is 84.7 Å². The van der Waals surface area contributed by atoms with Gasteiger partial charge in [-0.1, -0.05) is 32.9 Å². The molecule has 0 atom stereocenters. The highest BCUT2D eigenvalue weighted by molar-refractivity contribution is 5.94. The van der Waals surface area contributed by atoms with E-state index in [2.05, 4.69) is 41.5 Å².